The average molecular weight is 274 g/mol. The summed E-state index contributed by atoms with van der Waals surface area (Å²) in [7, 11) is 0. The second kappa shape index (κ2) is 5.79. The summed E-state index contributed by atoms with van der Waals surface area (Å²) < 4.78 is 0. The third kappa shape index (κ3) is 2.50. The Kier molecular flexibility index (Phi) is 3.87. The molecule has 2 unspecified atom stereocenters. The fourth-order valence-corrected chi connectivity index (χ4v) is 3.42. The van der Waals surface area contributed by atoms with E-state index in [-0.39, 0.29) is 5.91 Å². The van der Waals surface area contributed by atoms with Gasteiger partial charge in [-0.05, 0) is 38.8 Å². The van der Waals surface area contributed by atoms with Crippen molar-refractivity contribution < 1.29 is 4.79 Å². The van der Waals surface area contributed by atoms with Crippen molar-refractivity contribution in [1.29, 1.82) is 0 Å². The molecule has 0 aromatic carbocycles. The molecule has 1 aromatic rings. The Balaban J connectivity index is 1.70. The molecule has 5 nitrogen and oxygen atoms in total. The number of anilines is 1. The van der Waals surface area contributed by atoms with E-state index >= 15 is 0 Å². The van der Waals surface area contributed by atoms with E-state index < -0.39 is 0 Å². The molecular formula is C15H22N4O. The molecule has 2 aliphatic heterocycles. The number of nitrogens with zero attached hydrogens (tertiary/aromatic N) is 2. The van der Waals surface area contributed by atoms with Gasteiger partial charge in [-0.2, -0.15) is 0 Å². The molecule has 2 N–H and O–H groups in total. The van der Waals surface area contributed by atoms with Gasteiger partial charge in [0.25, 0.3) is 5.91 Å². The molecule has 20 heavy (non-hydrogen) atoms. The zero-order chi connectivity index (χ0) is 13.9. The first-order chi connectivity index (χ1) is 9.79. The second-order valence-corrected chi connectivity index (χ2v) is 5.57. The molecule has 2 fully saturated rings. The van der Waals surface area contributed by atoms with E-state index in [9.17, 15) is 4.79 Å². The smallest absolute Gasteiger partial charge is 0.253 e. The van der Waals surface area contributed by atoms with Crippen molar-refractivity contribution in [3.8, 4) is 0 Å². The number of fused-ring (bicyclic) bond motifs is 1. The van der Waals surface area contributed by atoms with Crippen LogP contribution in [0.1, 0.15) is 36.5 Å². The molecule has 2 saturated heterocycles. The van der Waals surface area contributed by atoms with Gasteiger partial charge in [0.1, 0.15) is 0 Å². The highest BCUT2D eigenvalue weighted by Gasteiger charge is 2.37. The summed E-state index contributed by atoms with van der Waals surface area (Å²) >= 11 is 0. The van der Waals surface area contributed by atoms with Crippen LogP contribution in [0.4, 0.5) is 5.69 Å². The molecular weight excluding hydrogens is 252 g/mol. The fraction of sp³-hybridized carbons (Fsp3) is 0.600. The minimum Gasteiger partial charge on any atom is -0.383 e. The summed E-state index contributed by atoms with van der Waals surface area (Å²) in [5, 5.41) is 6.41. The highest BCUT2D eigenvalue weighted by Crippen LogP contribution is 2.28. The first-order valence-corrected chi connectivity index (χ1v) is 7.52. The third-order valence-corrected chi connectivity index (χ3v) is 4.36. The minimum absolute atomic E-state index is 0.0158. The van der Waals surface area contributed by atoms with Crippen LogP contribution in [0.2, 0.25) is 0 Å². The highest BCUT2D eigenvalue weighted by molar-refractivity contribution is 5.99. The summed E-state index contributed by atoms with van der Waals surface area (Å²) in [6.07, 6.45) is 6.93. The maximum Gasteiger partial charge on any atom is 0.253 e. The van der Waals surface area contributed by atoms with Crippen molar-refractivity contribution in [3.63, 3.8) is 0 Å². The minimum atomic E-state index is 0.0158. The van der Waals surface area contributed by atoms with Crippen LogP contribution in [0.5, 0.6) is 0 Å². The van der Waals surface area contributed by atoms with Crippen LogP contribution in [-0.2, 0) is 0 Å². The van der Waals surface area contributed by atoms with Crippen LogP contribution in [0, 0.1) is 0 Å². The van der Waals surface area contributed by atoms with Crippen LogP contribution in [-0.4, -0.2) is 47.5 Å². The predicted molar refractivity (Wildman–Crippen MR) is 78.9 cm³/mol. The van der Waals surface area contributed by atoms with E-state index in [1.54, 1.807) is 18.5 Å². The molecule has 108 valence electrons. The maximum absolute atomic E-state index is 12.5. The Morgan fingerprint density at radius 3 is 3.20 bits per heavy atom. The lowest BCUT2D eigenvalue weighted by atomic mass is 10.1. The van der Waals surface area contributed by atoms with Crippen LogP contribution < -0.4 is 10.6 Å². The van der Waals surface area contributed by atoms with Gasteiger partial charge in [0.15, 0.2) is 0 Å². The Morgan fingerprint density at radius 1 is 1.45 bits per heavy atom. The van der Waals surface area contributed by atoms with Crippen molar-refractivity contribution in [2.24, 2.45) is 0 Å². The van der Waals surface area contributed by atoms with Gasteiger partial charge in [-0.1, -0.05) is 0 Å². The maximum atomic E-state index is 12.5. The number of aromatic nitrogens is 1. The molecule has 5 heteroatoms. The lowest BCUT2D eigenvalue weighted by molar-refractivity contribution is 0.0930. The normalized spacial score (nSPS) is 25.4. The van der Waals surface area contributed by atoms with Gasteiger partial charge in [0.05, 0.1) is 17.4 Å². The summed E-state index contributed by atoms with van der Waals surface area (Å²) in [5.41, 5.74) is 1.51. The van der Waals surface area contributed by atoms with E-state index in [1.807, 2.05) is 6.92 Å². The van der Waals surface area contributed by atoms with Gasteiger partial charge in [-0.25, -0.2) is 0 Å². The predicted octanol–water partition coefficient (Wildman–Crippen LogP) is 1.48. The molecule has 0 saturated carbocycles. The Morgan fingerprint density at radius 2 is 2.35 bits per heavy atom. The summed E-state index contributed by atoms with van der Waals surface area (Å²) in [6.45, 7) is 5.11. The molecule has 1 aromatic heterocycles. The molecule has 0 aliphatic carbocycles. The molecule has 2 atom stereocenters. The number of pyridine rings is 1. The van der Waals surface area contributed by atoms with Gasteiger partial charge >= 0.3 is 0 Å². The Labute approximate surface area is 119 Å². The van der Waals surface area contributed by atoms with Crippen molar-refractivity contribution in [1.82, 2.24) is 15.2 Å². The van der Waals surface area contributed by atoms with Gasteiger partial charge < -0.3 is 10.6 Å². The standard InChI is InChI=1S/C15H22N4O/c1-2-17-13-10-16-7-5-11(13)15(20)18-12-6-9-19-8-3-4-14(12)19/h5,7,10,12,14,17H,2-4,6,8-9H2,1H3,(H,18,20). The van der Waals surface area contributed by atoms with E-state index in [2.05, 4.69) is 20.5 Å². The fourth-order valence-electron chi connectivity index (χ4n) is 3.42. The second-order valence-electron chi connectivity index (χ2n) is 5.57. The van der Waals surface area contributed by atoms with Crippen LogP contribution >= 0.6 is 0 Å². The molecule has 3 heterocycles. The van der Waals surface area contributed by atoms with Crippen molar-refractivity contribution >= 4 is 11.6 Å². The number of rotatable bonds is 4. The van der Waals surface area contributed by atoms with Gasteiger partial charge in [0.2, 0.25) is 0 Å². The van der Waals surface area contributed by atoms with Crippen LogP contribution in [0.25, 0.3) is 0 Å². The zero-order valence-corrected chi connectivity index (χ0v) is 11.9. The molecule has 2 aliphatic rings. The number of nitrogens with one attached hydrogen (secondary N) is 2. The van der Waals surface area contributed by atoms with Crippen molar-refractivity contribution in [2.45, 2.75) is 38.3 Å². The topological polar surface area (TPSA) is 57.3 Å². The highest BCUT2D eigenvalue weighted by atomic mass is 16.1. The van der Waals surface area contributed by atoms with E-state index in [4.69, 9.17) is 0 Å². The third-order valence-electron chi connectivity index (χ3n) is 4.36. The lowest BCUT2D eigenvalue weighted by Crippen LogP contribution is -2.42. The molecule has 0 bridgehead atoms. The number of hydrogen-bond acceptors (Lipinski definition) is 4. The van der Waals surface area contributed by atoms with Crippen molar-refractivity contribution in [3.05, 3.63) is 24.0 Å². The first-order valence-electron chi connectivity index (χ1n) is 7.52. The van der Waals surface area contributed by atoms with Gasteiger partial charge in [-0.15, -0.1) is 0 Å². The number of hydrogen-bond donors (Lipinski definition) is 2. The van der Waals surface area contributed by atoms with Crippen LogP contribution in [0.3, 0.4) is 0 Å². The van der Waals surface area contributed by atoms with E-state index in [1.165, 1.54) is 19.4 Å². The first kappa shape index (κ1) is 13.4. The molecule has 3 rings (SSSR count). The average Bonchev–Trinajstić information content (AvgIpc) is 3.05. The molecule has 1 amide bonds. The molecule has 0 radical (unpaired) electrons. The van der Waals surface area contributed by atoms with Gasteiger partial charge in [0, 0.05) is 31.4 Å². The number of carbonyl (C=O) groups is 1. The molecule has 0 spiro atoms. The number of amides is 1. The lowest BCUT2D eigenvalue weighted by Gasteiger charge is -2.21. The summed E-state index contributed by atoms with van der Waals surface area (Å²) in [4.78, 5) is 19.1. The Hall–Kier alpha value is -1.62. The van der Waals surface area contributed by atoms with Gasteiger partial charge in [-0.3, -0.25) is 14.7 Å². The van der Waals surface area contributed by atoms with Crippen LogP contribution in [0.15, 0.2) is 18.5 Å². The quantitative estimate of drug-likeness (QED) is 0.873. The largest absolute Gasteiger partial charge is 0.383 e. The zero-order valence-electron chi connectivity index (χ0n) is 11.9. The Bertz CT molecular complexity index is 491. The SMILES string of the molecule is CCNc1cnccc1C(=O)NC1CCN2CCCC12. The number of carbonyl (C=O) groups excluding carboxylic acids is 1. The van der Waals surface area contributed by atoms with Crippen molar-refractivity contribution in [2.75, 3.05) is 25.0 Å². The van der Waals surface area contributed by atoms with E-state index in [0.717, 1.165) is 25.2 Å². The summed E-state index contributed by atoms with van der Waals surface area (Å²) in [6, 6.07) is 2.63. The summed E-state index contributed by atoms with van der Waals surface area (Å²) in [5.74, 6) is 0.0158. The van der Waals surface area contributed by atoms with E-state index in [0.29, 0.717) is 17.6 Å². The monoisotopic (exact) mass is 274 g/mol.